The maximum absolute atomic E-state index is 13.4. The van der Waals surface area contributed by atoms with Crippen LogP contribution in [-0.4, -0.2) is 0 Å². The lowest BCUT2D eigenvalue weighted by molar-refractivity contribution is 0.299. The molecule has 2 nitrogen and oxygen atoms in total. The van der Waals surface area contributed by atoms with Crippen molar-refractivity contribution in [2.75, 3.05) is 0 Å². The van der Waals surface area contributed by atoms with Crippen molar-refractivity contribution in [2.24, 2.45) is 0 Å². The zero-order valence-electron chi connectivity index (χ0n) is 9.36. The first kappa shape index (κ1) is 12.6. The molecule has 0 bridgehead atoms. The van der Waals surface area contributed by atoms with Gasteiger partial charge >= 0.3 is 0 Å². The summed E-state index contributed by atoms with van der Waals surface area (Å²) in [6, 6.07) is 13.6. The first-order chi connectivity index (χ1) is 8.70. The Hall–Kier alpha value is -1.86. The largest absolute Gasteiger partial charge is 0.487 e. The highest BCUT2D eigenvalue weighted by molar-refractivity contribution is 9.10. The standard InChI is InChI=1S/C14H9BrFNO/c15-12-5-6-14(11(7-12)8-17)18-9-10-3-1-2-4-13(10)16/h1-7H,9H2. The van der Waals surface area contributed by atoms with Crippen LogP contribution >= 0.6 is 15.9 Å². The van der Waals surface area contributed by atoms with Crippen molar-refractivity contribution in [3.63, 3.8) is 0 Å². The van der Waals surface area contributed by atoms with E-state index in [9.17, 15) is 4.39 Å². The molecule has 0 radical (unpaired) electrons. The van der Waals surface area contributed by atoms with Crippen molar-refractivity contribution in [3.8, 4) is 11.8 Å². The van der Waals surface area contributed by atoms with Crippen molar-refractivity contribution in [1.29, 1.82) is 5.26 Å². The van der Waals surface area contributed by atoms with Crippen LogP contribution in [0.15, 0.2) is 46.9 Å². The molecule has 4 heteroatoms. The summed E-state index contributed by atoms with van der Waals surface area (Å²) in [5, 5.41) is 8.97. The maximum Gasteiger partial charge on any atom is 0.137 e. The van der Waals surface area contributed by atoms with Crippen LogP contribution in [0.5, 0.6) is 5.75 Å². The summed E-state index contributed by atoms with van der Waals surface area (Å²) in [4.78, 5) is 0. The Morgan fingerprint density at radius 3 is 2.72 bits per heavy atom. The summed E-state index contributed by atoms with van der Waals surface area (Å²) in [5.41, 5.74) is 0.880. The summed E-state index contributed by atoms with van der Waals surface area (Å²) in [6.07, 6.45) is 0. The second-order valence-corrected chi connectivity index (χ2v) is 4.55. The minimum atomic E-state index is -0.312. The monoisotopic (exact) mass is 305 g/mol. The highest BCUT2D eigenvalue weighted by Crippen LogP contribution is 2.23. The van der Waals surface area contributed by atoms with Crippen molar-refractivity contribution in [3.05, 3.63) is 63.9 Å². The summed E-state index contributed by atoms with van der Waals surface area (Å²) in [7, 11) is 0. The van der Waals surface area contributed by atoms with Gasteiger partial charge in [0.05, 0.1) is 5.56 Å². The van der Waals surface area contributed by atoms with Gasteiger partial charge in [-0.15, -0.1) is 0 Å². The summed E-state index contributed by atoms with van der Waals surface area (Å²) >= 11 is 3.28. The van der Waals surface area contributed by atoms with Gasteiger partial charge in [-0.1, -0.05) is 34.1 Å². The molecule has 0 atom stereocenters. The van der Waals surface area contributed by atoms with Gasteiger partial charge in [-0.25, -0.2) is 4.39 Å². The van der Waals surface area contributed by atoms with Crippen LogP contribution in [0.1, 0.15) is 11.1 Å². The smallest absolute Gasteiger partial charge is 0.137 e. The van der Waals surface area contributed by atoms with Crippen molar-refractivity contribution < 1.29 is 9.13 Å². The van der Waals surface area contributed by atoms with E-state index in [0.29, 0.717) is 16.9 Å². The SMILES string of the molecule is N#Cc1cc(Br)ccc1OCc1ccccc1F. The predicted molar refractivity (Wildman–Crippen MR) is 69.6 cm³/mol. The fourth-order valence-electron chi connectivity index (χ4n) is 1.49. The average Bonchev–Trinajstić information content (AvgIpc) is 2.39. The zero-order chi connectivity index (χ0) is 13.0. The summed E-state index contributed by atoms with van der Waals surface area (Å²) in [6.45, 7) is 0.100. The molecular weight excluding hydrogens is 297 g/mol. The Labute approximate surface area is 113 Å². The van der Waals surface area contributed by atoms with E-state index in [1.807, 2.05) is 6.07 Å². The van der Waals surface area contributed by atoms with Crippen LogP contribution in [0.3, 0.4) is 0 Å². The van der Waals surface area contributed by atoms with Gasteiger partial charge in [0.25, 0.3) is 0 Å². The summed E-state index contributed by atoms with van der Waals surface area (Å²) in [5.74, 6) is 0.136. The van der Waals surface area contributed by atoms with Crippen LogP contribution in [0, 0.1) is 17.1 Å². The van der Waals surface area contributed by atoms with Crippen LogP contribution in [-0.2, 0) is 6.61 Å². The first-order valence-corrected chi connectivity index (χ1v) is 6.06. The molecule has 0 heterocycles. The number of nitrogens with zero attached hydrogens (tertiary/aromatic N) is 1. The summed E-state index contributed by atoms with van der Waals surface area (Å²) < 4.78 is 19.7. The first-order valence-electron chi connectivity index (χ1n) is 5.26. The lowest BCUT2D eigenvalue weighted by Gasteiger charge is -2.08. The molecule has 0 aliphatic rings. The van der Waals surface area contributed by atoms with E-state index in [0.717, 1.165) is 4.47 Å². The van der Waals surface area contributed by atoms with Crippen LogP contribution in [0.4, 0.5) is 4.39 Å². The highest BCUT2D eigenvalue weighted by Gasteiger charge is 2.06. The van der Waals surface area contributed by atoms with Crippen molar-refractivity contribution >= 4 is 15.9 Å². The number of hydrogen-bond acceptors (Lipinski definition) is 2. The number of ether oxygens (including phenoxy) is 1. The molecule has 0 aromatic heterocycles. The number of benzene rings is 2. The Morgan fingerprint density at radius 2 is 2.00 bits per heavy atom. The molecule has 0 aliphatic heterocycles. The van der Waals surface area contributed by atoms with E-state index in [2.05, 4.69) is 15.9 Å². The van der Waals surface area contributed by atoms with E-state index in [1.54, 1.807) is 36.4 Å². The van der Waals surface area contributed by atoms with Gasteiger partial charge < -0.3 is 4.74 Å². The molecule has 90 valence electrons. The zero-order valence-corrected chi connectivity index (χ0v) is 10.9. The molecule has 0 N–H and O–H groups in total. The minimum absolute atomic E-state index is 0.100. The van der Waals surface area contributed by atoms with Gasteiger partial charge in [0.2, 0.25) is 0 Å². The van der Waals surface area contributed by atoms with E-state index in [-0.39, 0.29) is 12.4 Å². The molecule has 2 aromatic carbocycles. The molecule has 0 saturated carbocycles. The Balaban J connectivity index is 2.16. The van der Waals surface area contributed by atoms with Gasteiger partial charge in [-0.3, -0.25) is 0 Å². The van der Waals surface area contributed by atoms with Crippen molar-refractivity contribution in [1.82, 2.24) is 0 Å². The molecule has 0 aliphatic carbocycles. The second-order valence-electron chi connectivity index (χ2n) is 3.63. The number of rotatable bonds is 3. The van der Waals surface area contributed by atoms with Crippen molar-refractivity contribution in [2.45, 2.75) is 6.61 Å². The van der Waals surface area contributed by atoms with Gasteiger partial charge in [0.15, 0.2) is 0 Å². The van der Waals surface area contributed by atoms with Crippen LogP contribution in [0.25, 0.3) is 0 Å². The highest BCUT2D eigenvalue weighted by atomic mass is 79.9. The average molecular weight is 306 g/mol. The quantitative estimate of drug-likeness (QED) is 0.857. The third kappa shape index (κ3) is 2.88. The van der Waals surface area contributed by atoms with Gasteiger partial charge in [-0.2, -0.15) is 5.26 Å². The topological polar surface area (TPSA) is 33.0 Å². The predicted octanol–water partition coefficient (Wildman–Crippen LogP) is 4.04. The molecular formula is C14H9BrFNO. The molecule has 0 unspecified atom stereocenters. The van der Waals surface area contributed by atoms with Crippen LogP contribution < -0.4 is 4.74 Å². The normalized spacial score (nSPS) is 9.83. The Morgan fingerprint density at radius 1 is 1.22 bits per heavy atom. The third-order valence-corrected chi connectivity index (χ3v) is 2.90. The Kier molecular flexibility index (Phi) is 3.96. The molecule has 0 amide bonds. The Bertz CT molecular complexity index is 607. The molecule has 2 rings (SSSR count). The molecule has 18 heavy (non-hydrogen) atoms. The lowest BCUT2D eigenvalue weighted by atomic mass is 10.2. The molecule has 0 fully saturated rings. The van der Waals surface area contributed by atoms with E-state index >= 15 is 0 Å². The van der Waals surface area contributed by atoms with E-state index in [4.69, 9.17) is 10.00 Å². The molecule has 2 aromatic rings. The van der Waals surface area contributed by atoms with Gasteiger partial charge in [0, 0.05) is 10.0 Å². The fourth-order valence-corrected chi connectivity index (χ4v) is 1.85. The van der Waals surface area contributed by atoms with Gasteiger partial charge in [-0.05, 0) is 24.3 Å². The van der Waals surface area contributed by atoms with E-state index < -0.39 is 0 Å². The van der Waals surface area contributed by atoms with Gasteiger partial charge in [0.1, 0.15) is 24.2 Å². The van der Waals surface area contributed by atoms with E-state index in [1.165, 1.54) is 6.07 Å². The lowest BCUT2D eigenvalue weighted by Crippen LogP contribution is -1.99. The molecule has 0 spiro atoms. The minimum Gasteiger partial charge on any atom is -0.487 e. The number of halogens is 2. The fraction of sp³-hybridized carbons (Fsp3) is 0.0714. The third-order valence-electron chi connectivity index (χ3n) is 2.40. The number of nitriles is 1. The molecule has 0 saturated heterocycles. The van der Waals surface area contributed by atoms with Crippen LogP contribution in [0.2, 0.25) is 0 Å². The maximum atomic E-state index is 13.4. The number of hydrogen-bond donors (Lipinski definition) is 0. The second kappa shape index (κ2) is 5.65.